The van der Waals surface area contributed by atoms with E-state index in [1.807, 2.05) is 49.6 Å². The van der Waals surface area contributed by atoms with Crippen LogP contribution in [0.15, 0.2) is 58.3 Å². The van der Waals surface area contributed by atoms with Crippen LogP contribution in [0.3, 0.4) is 0 Å². The molecule has 2 atom stereocenters. The Bertz CT molecular complexity index is 1120. The van der Waals surface area contributed by atoms with Gasteiger partial charge in [0, 0.05) is 28.3 Å². The van der Waals surface area contributed by atoms with Crippen LogP contribution in [0.4, 0.5) is 0 Å². The first-order valence-corrected chi connectivity index (χ1v) is 12.0. The number of hydrogen-bond donors (Lipinski definition) is 1. The lowest BCUT2D eigenvalue weighted by atomic mass is 9.73. The summed E-state index contributed by atoms with van der Waals surface area (Å²) < 4.78 is 16.3. The van der Waals surface area contributed by atoms with Crippen molar-refractivity contribution in [3.05, 3.63) is 68.7 Å². The predicted molar refractivity (Wildman–Crippen MR) is 128 cm³/mol. The fraction of sp³-hybridized carbons (Fsp3) is 0.385. The van der Waals surface area contributed by atoms with Crippen LogP contribution < -0.4 is 14.8 Å². The van der Waals surface area contributed by atoms with Crippen molar-refractivity contribution in [1.29, 1.82) is 0 Å². The number of Topliss-reactive ketones (excluding diaryl/α,β-unsaturated/α-hetero) is 1. The van der Waals surface area contributed by atoms with Crippen molar-refractivity contribution in [1.82, 2.24) is 5.32 Å². The maximum Gasteiger partial charge on any atom is 0.336 e. The van der Waals surface area contributed by atoms with Crippen LogP contribution in [-0.4, -0.2) is 32.6 Å². The second-order valence-electron chi connectivity index (χ2n) is 8.28. The minimum Gasteiger partial charge on any atom is -0.493 e. The average molecular weight is 468 g/mol. The van der Waals surface area contributed by atoms with Gasteiger partial charge in [0.25, 0.3) is 0 Å². The topological polar surface area (TPSA) is 73.9 Å². The first-order chi connectivity index (χ1) is 16.0. The second kappa shape index (κ2) is 9.83. The summed E-state index contributed by atoms with van der Waals surface area (Å²) >= 11 is 1.55. The molecule has 2 aromatic rings. The number of allylic oxidation sites excluding steroid dienone is 3. The van der Waals surface area contributed by atoms with Crippen LogP contribution in [0.5, 0.6) is 11.5 Å². The van der Waals surface area contributed by atoms with Crippen molar-refractivity contribution in [2.24, 2.45) is 0 Å². The number of ether oxygens (including phenoxy) is 3. The molecule has 0 spiro atoms. The van der Waals surface area contributed by atoms with E-state index in [0.29, 0.717) is 42.1 Å². The van der Waals surface area contributed by atoms with E-state index in [1.54, 1.807) is 25.6 Å². The SMILES string of the molecule is CCCOC(=O)C1=C(C)NC2=C(C(=O)C[C@H](c3ccc(OC)c(OC)c3)C2)[C@@H]1c1cccs1. The van der Waals surface area contributed by atoms with Crippen molar-refractivity contribution >= 4 is 23.1 Å². The highest BCUT2D eigenvalue weighted by molar-refractivity contribution is 7.10. The number of carbonyl (C=O) groups is 2. The summed E-state index contributed by atoms with van der Waals surface area (Å²) in [6.45, 7) is 4.20. The summed E-state index contributed by atoms with van der Waals surface area (Å²) in [5, 5.41) is 5.36. The Morgan fingerprint density at radius 1 is 1.15 bits per heavy atom. The van der Waals surface area contributed by atoms with Crippen LogP contribution >= 0.6 is 11.3 Å². The van der Waals surface area contributed by atoms with E-state index in [4.69, 9.17) is 14.2 Å². The molecular weight excluding hydrogens is 438 g/mol. The number of rotatable bonds is 7. The molecule has 0 bridgehead atoms. The normalized spacial score (nSPS) is 20.3. The molecule has 1 aliphatic heterocycles. The molecule has 0 saturated carbocycles. The smallest absolute Gasteiger partial charge is 0.336 e. The van der Waals surface area contributed by atoms with E-state index in [9.17, 15) is 9.59 Å². The zero-order chi connectivity index (χ0) is 23.5. The van der Waals surface area contributed by atoms with Crippen LogP contribution in [0.1, 0.15) is 55.4 Å². The lowest BCUT2D eigenvalue weighted by Crippen LogP contribution is -2.36. The molecule has 0 unspecified atom stereocenters. The van der Waals surface area contributed by atoms with Gasteiger partial charge in [0.2, 0.25) is 0 Å². The molecule has 174 valence electrons. The number of esters is 1. The Morgan fingerprint density at radius 2 is 1.94 bits per heavy atom. The molecule has 33 heavy (non-hydrogen) atoms. The summed E-state index contributed by atoms with van der Waals surface area (Å²) in [6, 6.07) is 9.74. The fourth-order valence-electron chi connectivity index (χ4n) is 4.66. The van der Waals surface area contributed by atoms with Crippen LogP contribution in [0, 0.1) is 0 Å². The molecule has 1 aromatic carbocycles. The standard InChI is InChI=1S/C26H29NO5S/c1-5-10-32-26(29)23-15(2)27-18-12-17(16-8-9-20(30-3)21(14-16)31-4)13-19(28)24(18)25(23)22-7-6-11-33-22/h6-9,11,14,17,25,27H,5,10,12-13H2,1-4H3/t17-,25-/m1/s1. The highest BCUT2D eigenvalue weighted by atomic mass is 32.1. The quantitative estimate of drug-likeness (QED) is 0.573. The monoisotopic (exact) mass is 467 g/mol. The van der Waals surface area contributed by atoms with Crippen molar-refractivity contribution in [2.75, 3.05) is 20.8 Å². The van der Waals surface area contributed by atoms with Gasteiger partial charge in [0.1, 0.15) is 0 Å². The maximum absolute atomic E-state index is 13.6. The molecule has 1 N–H and O–H groups in total. The fourth-order valence-corrected chi connectivity index (χ4v) is 5.51. The zero-order valence-electron chi connectivity index (χ0n) is 19.4. The van der Waals surface area contributed by atoms with Crippen LogP contribution in [0.25, 0.3) is 0 Å². The number of benzene rings is 1. The van der Waals surface area contributed by atoms with Crippen molar-refractivity contribution in [3.63, 3.8) is 0 Å². The molecule has 2 aliphatic rings. The number of carbonyl (C=O) groups excluding carboxylic acids is 2. The maximum atomic E-state index is 13.6. The number of thiophene rings is 1. The molecule has 1 aromatic heterocycles. The van der Waals surface area contributed by atoms with Crippen molar-refractivity contribution in [2.45, 2.75) is 44.9 Å². The van der Waals surface area contributed by atoms with E-state index >= 15 is 0 Å². The van der Waals surface area contributed by atoms with Crippen molar-refractivity contribution in [3.8, 4) is 11.5 Å². The van der Waals surface area contributed by atoms with Gasteiger partial charge >= 0.3 is 5.97 Å². The number of nitrogens with one attached hydrogen (secondary N) is 1. The van der Waals surface area contributed by atoms with Gasteiger partial charge in [-0.2, -0.15) is 0 Å². The van der Waals surface area contributed by atoms with Gasteiger partial charge in [0.05, 0.1) is 32.3 Å². The summed E-state index contributed by atoms with van der Waals surface area (Å²) in [5.74, 6) is 0.605. The van der Waals surface area contributed by atoms with Gasteiger partial charge in [-0.05, 0) is 54.8 Å². The third-order valence-electron chi connectivity index (χ3n) is 6.19. The summed E-state index contributed by atoms with van der Waals surface area (Å²) in [4.78, 5) is 27.5. The molecule has 6 nitrogen and oxygen atoms in total. The predicted octanol–water partition coefficient (Wildman–Crippen LogP) is 5.08. The van der Waals surface area contributed by atoms with Gasteiger partial charge in [-0.15, -0.1) is 11.3 Å². The molecule has 2 heterocycles. The lowest BCUT2D eigenvalue weighted by molar-refractivity contribution is -0.139. The second-order valence-corrected chi connectivity index (χ2v) is 9.26. The molecule has 0 fully saturated rings. The molecule has 7 heteroatoms. The number of methoxy groups -OCH3 is 2. The largest absolute Gasteiger partial charge is 0.493 e. The Balaban J connectivity index is 1.72. The van der Waals surface area contributed by atoms with Gasteiger partial charge in [-0.1, -0.05) is 19.1 Å². The number of dihydropyridines is 1. The summed E-state index contributed by atoms with van der Waals surface area (Å²) in [5.41, 5.74) is 3.87. The van der Waals surface area contributed by atoms with Gasteiger partial charge in [0.15, 0.2) is 17.3 Å². The first-order valence-electron chi connectivity index (χ1n) is 11.1. The third kappa shape index (κ3) is 4.42. The minimum absolute atomic E-state index is 0.00827. The highest BCUT2D eigenvalue weighted by Gasteiger charge is 2.41. The van der Waals surface area contributed by atoms with Crippen LogP contribution in [0.2, 0.25) is 0 Å². The van der Waals surface area contributed by atoms with Gasteiger partial charge < -0.3 is 19.5 Å². The highest BCUT2D eigenvalue weighted by Crippen LogP contribution is 2.47. The Morgan fingerprint density at radius 3 is 2.61 bits per heavy atom. The van der Waals surface area contributed by atoms with E-state index in [2.05, 4.69) is 5.32 Å². The zero-order valence-corrected chi connectivity index (χ0v) is 20.2. The van der Waals surface area contributed by atoms with E-state index < -0.39 is 5.92 Å². The van der Waals surface area contributed by atoms with E-state index in [1.165, 1.54) is 0 Å². The molecule has 1 aliphatic carbocycles. The van der Waals surface area contributed by atoms with E-state index in [0.717, 1.165) is 28.3 Å². The Kier molecular flexibility index (Phi) is 6.88. The van der Waals surface area contributed by atoms with Crippen LogP contribution in [-0.2, 0) is 14.3 Å². The third-order valence-corrected chi connectivity index (χ3v) is 7.13. The van der Waals surface area contributed by atoms with Gasteiger partial charge in [-0.25, -0.2) is 4.79 Å². The Labute approximate surface area is 198 Å². The number of ketones is 1. The van der Waals surface area contributed by atoms with Gasteiger partial charge in [-0.3, -0.25) is 4.79 Å². The summed E-state index contributed by atoms with van der Waals surface area (Å²) in [7, 11) is 3.21. The van der Waals surface area contributed by atoms with Crippen molar-refractivity contribution < 1.29 is 23.8 Å². The Hall–Kier alpha value is -3.06. The average Bonchev–Trinajstić information content (AvgIpc) is 3.35. The molecule has 0 saturated heterocycles. The summed E-state index contributed by atoms with van der Waals surface area (Å²) in [6.07, 6.45) is 1.79. The number of hydrogen-bond acceptors (Lipinski definition) is 7. The lowest BCUT2D eigenvalue weighted by Gasteiger charge is -2.36. The molecule has 4 rings (SSSR count). The minimum atomic E-state index is -0.399. The molecule has 0 radical (unpaired) electrons. The van der Waals surface area contributed by atoms with E-state index in [-0.39, 0.29) is 17.7 Å². The first kappa shape index (κ1) is 23.1. The molecule has 0 amide bonds. The molecular formula is C26H29NO5S.